The quantitative estimate of drug-likeness (QED) is 0.942. The molecule has 0 spiro atoms. The van der Waals surface area contributed by atoms with E-state index in [0.29, 0.717) is 17.5 Å². The van der Waals surface area contributed by atoms with Crippen LogP contribution in [-0.2, 0) is 6.54 Å². The van der Waals surface area contributed by atoms with Gasteiger partial charge in [-0.25, -0.2) is 0 Å². The molecule has 0 atom stereocenters. The van der Waals surface area contributed by atoms with Gasteiger partial charge in [-0.1, -0.05) is 19.3 Å². The first-order valence-electron chi connectivity index (χ1n) is 8.05. The summed E-state index contributed by atoms with van der Waals surface area (Å²) in [5.74, 6) is -0.0818. The first kappa shape index (κ1) is 15.3. The fourth-order valence-electron chi connectivity index (χ4n) is 3.29. The van der Waals surface area contributed by atoms with Gasteiger partial charge in [0.1, 0.15) is 0 Å². The standard InChI is InChI=1S/C17H22N2O2S/c1-3-19-10-9-13-15(17(19)21)14(11(2)22-13)16(20)18-12-7-5-4-6-8-12/h9-10,12H,3-8H2,1-2H3,(H,18,20). The van der Waals surface area contributed by atoms with E-state index in [0.717, 1.165) is 22.4 Å². The zero-order valence-electron chi connectivity index (χ0n) is 13.1. The SMILES string of the molecule is CCn1ccc2sc(C)c(C(=O)NC3CCCCC3)c2c1=O. The highest BCUT2D eigenvalue weighted by Crippen LogP contribution is 2.29. The van der Waals surface area contributed by atoms with Crippen LogP contribution in [0, 0.1) is 6.92 Å². The van der Waals surface area contributed by atoms with Gasteiger partial charge in [0, 0.05) is 28.4 Å². The fraction of sp³-hybridized carbons (Fsp3) is 0.529. The number of aromatic nitrogens is 1. The van der Waals surface area contributed by atoms with Crippen molar-refractivity contribution in [3.63, 3.8) is 0 Å². The zero-order valence-corrected chi connectivity index (χ0v) is 14.0. The maximum Gasteiger partial charge on any atom is 0.260 e. The van der Waals surface area contributed by atoms with Gasteiger partial charge in [-0.2, -0.15) is 0 Å². The molecule has 0 aromatic carbocycles. The molecule has 0 saturated heterocycles. The Morgan fingerprint density at radius 3 is 2.77 bits per heavy atom. The van der Waals surface area contributed by atoms with Crippen LogP contribution in [0.1, 0.15) is 54.3 Å². The Balaban J connectivity index is 2.00. The molecule has 118 valence electrons. The third kappa shape index (κ3) is 2.70. The van der Waals surface area contributed by atoms with Crippen LogP contribution in [0.3, 0.4) is 0 Å². The van der Waals surface area contributed by atoms with Crippen LogP contribution in [0.4, 0.5) is 0 Å². The lowest BCUT2D eigenvalue weighted by atomic mass is 9.95. The van der Waals surface area contributed by atoms with E-state index in [-0.39, 0.29) is 17.5 Å². The molecular weight excluding hydrogens is 296 g/mol. The minimum atomic E-state index is -0.0818. The second-order valence-electron chi connectivity index (χ2n) is 5.99. The average Bonchev–Trinajstić information content (AvgIpc) is 2.86. The highest BCUT2D eigenvalue weighted by molar-refractivity contribution is 7.19. The summed E-state index contributed by atoms with van der Waals surface area (Å²) in [6.45, 7) is 4.48. The van der Waals surface area contributed by atoms with E-state index >= 15 is 0 Å². The fourth-order valence-corrected chi connectivity index (χ4v) is 4.34. The summed E-state index contributed by atoms with van der Waals surface area (Å²) >= 11 is 1.53. The van der Waals surface area contributed by atoms with Gasteiger partial charge < -0.3 is 9.88 Å². The number of rotatable bonds is 3. The Morgan fingerprint density at radius 1 is 1.36 bits per heavy atom. The van der Waals surface area contributed by atoms with Crippen molar-refractivity contribution >= 4 is 27.3 Å². The molecule has 4 nitrogen and oxygen atoms in total. The Morgan fingerprint density at radius 2 is 2.09 bits per heavy atom. The zero-order chi connectivity index (χ0) is 15.7. The van der Waals surface area contributed by atoms with Crippen molar-refractivity contribution in [1.82, 2.24) is 9.88 Å². The smallest absolute Gasteiger partial charge is 0.260 e. The van der Waals surface area contributed by atoms with Crippen LogP contribution >= 0.6 is 11.3 Å². The van der Waals surface area contributed by atoms with Gasteiger partial charge >= 0.3 is 0 Å². The molecular formula is C17H22N2O2S. The molecule has 0 aliphatic heterocycles. The summed E-state index contributed by atoms with van der Waals surface area (Å²) in [5, 5.41) is 3.72. The molecule has 0 bridgehead atoms. The topological polar surface area (TPSA) is 51.1 Å². The van der Waals surface area contributed by atoms with Crippen LogP contribution in [-0.4, -0.2) is 16.5 Å². The van der Waals surface area contributed by atoms with Crippen molar-refractivity contribution in [2.45, 2.75) is 58.5 Å². The Labute approximate surface area is 134 Å². The van der Waals surface area contributed by atoms with E-state index in [1.807, 2.05) is 26.1 Å². The van der Waals surface area contributed by atoms with Crippen molar-refractivity contribution in [2.75, 3.05) is 0 Å². The first-order valence-corrected chi connectivity index (χ1v) is 8.87. The van der Waals surface area contributed by atoms with Crippen LogP contribution in [0.15, 0.2) is 17.1 Å². The summed E-state index contributed by atoms with van der Waals surface area (Å²) in [6.07, 6.45) is 7.52. The minimum absolute atomic E-state index is 0.0573. The molecule has 22 heavy (non-hydrogen) atoms. The van der Waals surface area contributed by atoms with Gasteiger partial charge in [0.15, 0.2) is 0 Å². The van der Waals surface area contributed by atoms with E-state index in [1.54, 1.807) is 4.57 Å². The predicted octanol–water partition coefficient (Wildman–Crippen LogP) is 3.45. The van der Waals surface area contributed by atoms with Crippen LogP contribution in [0.25, 0.3) is 10.1 Å². The molecule has 0 unspecified atom stereocenters. The molecule has 2 heterocycles. The lowest BCUT2D eigenvalue weighted by molar-refractivity contribution is 0.0929. The molecule has 1 fully saturated rings. The number of hydrogen-bond donors (Lipinski definition) is 1. The van der Waals surface area contributed by atoms with Crippen LogP contribution in [0.2, 0.25) is 0 Å². The lowest BCUT2D eigenvalue weighted by Gasteiger charge is -2.22. The Kier molecular flexibility index (Phi) is 4.34. The number of carbonyl (C=O) groups excluding carboxylic acids is 1. The average molecular weight is 318 g/mol. The number of pyridine rings is 1. The van der Waals surface area contributed by atoms with Gasteiger partial charge in [-0.15, -0.1) is 11.3 Å². The third-order valence-corrected chi connectivity index (χ3v) is 5.57. The van der Waals surface area contributed by atoms with Gasteiger partial charge in [0.25, 0.3) is 11.5 Å². The summed E-state index contributed by atoms with van der Waals surface area (Å²) in [6, 6.07) is 2.20. The minimum Gasteiger partial charge on any atom is -0.349 e. The monoisotopic (exact) mass is 318 g/mol. The largest absolute Gasteiger partial charge is 0.349 e. The molecule has 0 radical (unpaired) electrons. The second-order valence-corrected chi connectivity index (χ2v) is 7.24. The summed E-state index contributed by atoms with van der Waals surface area (Å²) in [7, 11) is 0. The van der Waals surface area contributed by atoms with Gasteiger partial charge in [0.05, 0.1) is 10.9 Å². The lowest BCUT2D eigenvalue weighted by Crippen LogP contribution is -2.36. The number of hydrogen-bond acceptors (Lipinski definition) is 3. The maximum absolute atomic E-state index is 12.7. The molecule has 3 rings (SSSR count). The number of aryl methyl sites for hydroxylation is 2. The number of nitrogens with zero attached hydrogens (tertiary/aromatic N) is 1. The molecule has 1 aliphatic carbocycles. The van der Waals surface area contributed by atoms with E-state index in [1.165, 1.54) is 30.6 Å². The van der Waals surface area contributed by atoms with E-state index in [2.05, 4.69) is 5.32 Å². The summed E-state index contributed by atoms with van der Waals surface area (Å²) in [4.78, 5) is 26.2. The number of nitrogens with one attached hydrogen (secondary N) is 1. The number of carbonyl (C=O) groups is 1. The normalized spacial score (nSPS) is 16.1. The van der Waals surface area contributed by atoms with Crippen molar-refractivity contribution < 1.29 is 4.79 Å². The van der Waals surface area contributed by atoms with Crippen molar-refractivity contribution in [3.8, 4) is 0 Å². The molecule has 2 aromatic heterocycles. The van der Waals surface area contributed by atoms with Gasteiger partial charge in [0.2, 0.25) is 0 Å². The molecule has 1 N–H and O–H groups in total. The second kappa shape index (κ2) is 6.24. The maximum atomic E-state index is 12.7. The van der Waals surface area contributed by atoms with E-state index in [4.69, 9.17) is 0 Å². The predicted molar refractivity (Wildman–Crippen MR) is 90.8 cm³/mol. The highest BCUT2D eigenvalue weighted by atomic mass is 32.1. The third-order valence-electron chi connectivity index (χ3n) is 4.50. The van der Waals surface area contributed by atoms with Crippen LogP contribution in [0.5, 0.6) is 0 Å². The molecule has 2 aromatic rings. The molecule has 1 saturated carbocycles. The van der Waals surface area contributed by atoms with Crippen molar-refractivity contribution in [1.29, 1.82) is 0 Å². The molecule has 1 aliphatic rings. The van der Waals surface area contributed by atoms with Crippen molar-refractivity contribution in [2.24, 2.45) is 0 Å². The molecule has 1 amide bonds. The van der Waals surface area contributed by atoms with E-state index in [9.17, 15) is 9.59 Å². The number of thiophene rings is 1. The highest BCUT2D eigenvalue weighted by Gasteiger charge is 2.23. The Hall–Kier alpha value is -1.62. The van der Waals surface area contributed by atoms with E-state index < -0.39 is 0 Å². The number of fused-ring (bicyclic) bond motifs is 1. The molecule has 5 heteroatoms. The number of amides is 1. The Bertz CT molecular complexity index is 754. The van der Waals surface area contributed by atoms with Gasteiger partial charge in [-0.05, 0) is 32.8 Å². The van der Waals surface area contributed by atoms with Crippen molar-refractivity contribution in [3.05, 3.63) is 33.1 Å². The summed E-state index contributed by atoms with van der Waals surface area (Å²) < 4.78 is 2.56. The summed E-state index contributed by atoms with van der Waals surface area (Å²) in [5.41, 5.74) is 0.525. The van der Waals surface area contributed by atoms with Crippen LogP contribution < -0.4 is 10.9 Å². The van der Waals surface area contributed by atoms with Gasteiger partial charge in [-0.3, -0.25) is 9.59 Å². The first-order chi connectivity index (χ1) is 10.6.